The molecule has 1 aromatic rings. The number of carboxylic acid groups (broad SMARTS) is 1. The van der Waals surface area contributed by atoms with Crippen molar-refractivity contribution in [2.24, 2.45) is 0 Å². The van der Waals surface area contributed by atoms with Crippen LogP contribution in [0.25, 0.3) is 0 Å². The quantitative estimate of drug-likeness (QED) is 0.831. The van der Waals surface area contributed by atoms with E-state index in [4.69, 9.17) is 0 Å². The second-order valence-electron chi connectivity index (χ2n) is 3.01. The normalized spacial score (nSPS) is 26.6. The Balaban J connectivity index is 2.05. The number of carbonyl (C=O) groups is 1. The maximum absolute atomic E-state index is 10.6. The lowest BCUT2D eigenvalue weighted by Crippen LogP contribution is -2.90. The molecule has 0 aromatic carbocycles. The van der Waals surface area contributed by atoms with Crippen molar-refractivity contribution in [3.05, 3.63) is 20.8 Å². The van der Waals surface area contributed by atoms with Gasteiger partial charge in [0.1, 0.15) is 12.0 Å². The minimum absolute atomic E-state index is 0.217. The number of thiophene rings is 1. The van der Waals surface area contributed by atoms with Crippen LogP contribution >= 0.6 is 39.0 Å². The molecule has 1 aliphatic rings. The molecule has 0 radical (unpaired) electrons. The molecule has 0 aliphatic carbocycles. The Hall–Kier alpha value is -0.0400. The van der Waals surface area contributed by atoms with E-state index in [1.54, 1.807) is 23.1 Å². The van der Waals surface area contributed by atoms with E-state index < -0.39 is 12.0 Å². The Kier molecular flexibility index (Phi) is 3.16. The van der Waals surface area contributed by atoms with Crippen LogP contribution in [0.1, 0.15) is 10.3 Å². The van der Waals surface area contributed by atoms with E-state index in [0.717, 1.165) is 3.79 Å². The van der Waals surface area contributed by atoms with Crippen LogP contribution in [0.4, 0.5) is 0 Å². The molecule has 2 N–H and O–H groups in total. The molecule has 0 amide bonds. The summed E-state index contributed by atoms with van der Waals surface area (Å²) < 4.78 is 1.08. The monoisotopic (exact) mass is 293 g/mol. The van der Waals surface area contributed by atoms with Gasteiger partial charge >= 0.3 is 0 Å². The first-order valence-electron chi connectivity index (χ1n) is 4.09. The molecular weight excluding hydrogens is 286 g/mol. The van der Waals surface area contributed by atoms with Crippen molar-refractivity contribution in [1.82, 2.24) is 0 Å². The van der Waals surface area contributed by atoms with Gasteiger partial charge in [0.15, 0.2) is 5.37 Å². The second-order valence-corrected chi connectivity index (χ2v) is 6.68. The topological polar surface area (TPSA) is 56.7 Å². The summed E-state index contributed by atoms with van der Waals surface area (Å²) in [6.07, 6.45) is 0. The second kappa shape index (κ2) is 4.22. The lowest BCUT2D eigenvalue weighted by atomic mass is 10.3. The summed E-state index contributed by atoms with van der Waals surface area (Å²) in [4.78, 5) is 11.8. The van der Waals surface area contributed by atoms with Gasteiger partial charge in [0.25, 0.3) is 0 Å². The van der Waals surface area contributed by atoms with Gasteiger partial charge in [0.2, 0.25) is 0 Å². The summed E-state index contributed by atoms with van der Waals surface area (Å²) in [5.74, 6) is -0.335. The third kappa shape index (κ3) is 2.13. The smallest absolute Gasteiger partial charge is 0.168 e. The van der Waals surface area contributed by atoms with Crippen LogP contribution in [-0.2, 0) is 4.79 Å². The van der Waals surface area contributed by atoms with Crippen molar-refractivity contribution in [3.63, 3.8) is 0 Å². The number of hydrogen-bond donors (Lipinski definition) is 1. The first-order chi connectivity index (χ1) is 6.66. The summed E-state index contributed by atoms with van der Waals surface area (Å²) in [7, 11) is 0. The van der Waals surface area contributed by atoms with Crippen molar-refractivity contribution in [2.75, 3.05) is 5.75 Å². The summed E-state index contributed by atoms with van der Waals surface area (Å²) in [5.41, 5.74) is 0. The van der Waals surface area contributed by atoms with E-state index in [1.165, 1.54) is 4.88 Å². The molecule has 2 rings (SSSR count). The summed E-state index contributed by atoms with van der Waals surface area (Å²) >= 11 is 6.70. The van der Waals surface area contributed by atoms with Gasteiger partial charge in [-0.05, 0) is 28.1 Å². The largest absolute Gasteiger partial charge is 0.544 e. The van der Waals surface area contributed by atoms with Crippen LogP contribution in [0, 0.1) is 0 Å². The molecule has 0 saturated carbocycles. The molecule has 0 spiro atoms. The molecule has 14 heavy (non-hydrogen) atoms. The summed E-state index contributed by atoms with van der Waals surface area (Å²) in [6, 6.07) is 3.62. The lowest BCUT2D eigenvalue weighted by Gasteiger charge is -2.08. The van der Waals surface area contributed by atoms with Crippen molar-refractivity contribution >= 4 is 45.0 Å². The number of hydrogen-bond acceptors (Lipinski definition) is 4. The minimum Gasteiger partial charge on any atom is -0.544 e. The van der Waals surface area contributed by atoms with Crippen molar-refractivity contribution in [2.45, 2.75) is 11.4 Å². The third-order valence-electron chi connectivity index (χ3n) is 2.04. The van der Waals surface area contributed by atoms with E-state index in [2.05, 4.69) is 15.9 Å². The first kappa shape index (κ1) is 10.5. The number of thioether (sulfide) groups is 1. The molecule has 1 saturated heterocycles. The number of carbonyl (C=O) groups excluding carboxylic acids is 1. The maximum atomic E-state index is 10.6. The number of nitrogens with two attached hydrogens (primary N) is 1. The SMILES string of the molecule is O=C([O-])C1CSC(c2ccc(Br)s2)[NH2+]1. The van der Waals surface area contributed by atoms with Crippen LogP contribution < -0.4 is 10.4 Å². The summed E-state index contributed by atoms with van der Waals surface area (Å²) in [6.45, 7) is 0. The van der Waals surface area contributed by atoms with Gasteiger partial charge in [-0.15, -0.1) is 11.3 Å². The van der Waals surface area contributed by atoms with Gasteiger partial charge < -0.3 is 15.2 Å². The number of rotatable bonds is 2. The van der Waals surface area contributed by atoms with Crippen LogP contribution in [-0.4, -0.2) is 17.8 Å². The average molecular weight is 294 g/mol. The van der Waals surface area contributed by atoms with E-state index >= 15 is 0 Å². The maximum Gasteiger partial charge on any atom is 0.168 e. The molecule has 76 valence electrons. The molecule has 3 nitrogen and oxygen atoms in total. The Morgan fingerprint density at radius 3 is 2.93 bits per heavy atom. The molecular formula is C8H8BrNO2S2. The van der Waals surface area contributed by atoms with Gasteiger partial charge in [0, 0.05) is 0 Å². The highest BCUT2D eigenvalue weighted by molar-refractivity contribution is 9.11. The van der Waals surface area contributed by atoms with Gasteiger partial charge in [-0.1, -0.05) is 11.8 Å². The zero-order chi connectivity index (χ0) is 10.1. The Bertz CT molecular complexity index is 355. The molecule has 1 fully saturated rings. The fourth-order valence-corrected chi connectivity index (χ4v) is 4.27. The van der Waals surface area contributed by atoms with Crippen molar-refractivity contribution in [1.29, 1.82) is 0 Å². The highest BCUT2D eigenvalue weighted by Crippen LogP contribution is 2.33. The predicted molar refractivity (Wildman–Crippen MR) is 57.9 cm³/mol. The number of aliphatic carboxylic acids is 1. The molecule has 2 unspecified atom stereocenters. The highest BCUT2D eigenvalue weighted by atomic mass is 79.9. The van der Waals surface area contributed by atoms with E-state index in [-0.39, 0.29) is 5.37 Å². The van der Waals surface area contributed by atoms with Gasteiger partial charge in [-0.2, -0.15) is 0 Å². The molecule has 1 aromatic heterocycles. The Labute approximate surface area is 98.0 Å². The standard InChI is InChI=1S/C8H8BrNO2S2/c9-6-2-1-5(14-6)7-10-4(3-13-7)8(11)12/h1-2,4,7,10H,3H2,(H,11,12). The van der Waals surface area contributed by atoms with Crippen molar-refractivity contribution in [3.8, 4) is 0 Å². The molecule has 0 bridgehead atoms. The van der Waals surface area contributed by atoms with Crippen LogP contribution in [0.15, 0.2) is 15.9 Å². The number of quaternary nitrogens is 1. The minimum atomic E-state index is -0.962. The number of carboxylic acids is 1. The average Bonchev–Trinajstić information content (AvgIpc) is 2.70. The zero-order valence-electron chi connectivity index (χ0n) is 7.10. The predicted octanol–water partition coefficient (Wildman–Crippen LogP) is -0.0621. The third-order valence-corrected chi connectivity index (χ3v) is 5.22. The Morgan fingerprint density at radius 1 is 1.64 bits per heavy atom. The van der Waals surface area contributed by atoms with Gasteiger partial charge in [-0.25, -0.2) is 0 Å². The highest BCUT2D eigenvalue weighted by Gasteiger charge is 2.31. The van der Waals surface area contributed by atoms with Crippen LogP contribution in [0.2, 0.25) is 0 Å². The fraction of sp³-hybridized carbons (Fsp3) is 0.375. The van der Waals surface area contributed by atoms with Gasteiger partial charge in [0.05, 0.1) is 14.4 Å². The van der Waals surface area contributed by atoms with E-state index in [9.17, 15) is 9.90 Å². The Morgan fingerprint density at radius 2 is 2.43 bits per heavy atom. The van der Waals surface area contributed by atoms with Crippen LogP contribution in [0.3, 0.4) is 0 Å². The van der Waals surface area contributed by atoms with Crippen molar-refractivity contribution < 1.29 is 15.2 Å². The van der Waals surface area contributed by atoms with E-state index in [1.807, 2.05) is 17.4 Å². The lowest BCUT2D eigenvalue weighted by molar-refractivity contribution is -0.689. The first-order valence-corrected chi connectivity index (χ1v) is 6.75. The van der Waals surface area contributed by atoms with Gasteiger partial charge in [-0.3, -0.25) is 0 Å². The zero-order valence-corrected chi connectivity index (χ0v) is 10.3. The molecule has 1 aliphatic heterocycles. The summed E-state index contributed by atoms with van der Waals surface area (Å²) in [5, 5.41) is 12.7. The van der Waals surface area contributed by atoms with E-state index in [0.29, 0.717) is 5.75 Å². The number of halogens is 1. The molecule has 2 atom stereocenters. The fourth-order valence-electron chi connectivity index (χ4n) is 1.33. The molecule has 6 heteroatoms. The van der Waals surface area contributed by atoms with Crippen LogP contribution in [0.5, 0.6) is 0 Å². The molecule has 2 heterocycles.